The highest BCUT2D eigenvalue weighted by atomic mass is 32.2. The topological polar surface area (TPSA) is 28.2 Å². The van der Waals surface area contributed by atoms with Crippen LogP contribution in [0.4, 0.5) is 5.82 Å². The third-order valence-electron chi connectivity index (χ3n) is 3.93. The van der Waals surface area contributed by atoms with Crippen molar-refractivity contribution in [3.63, 3.8) is 0 Å². The molecule has 1 saturated heterocycles. The van der Waals surface area contributed by atoms with Crippen LogP contribution < -0.4 is 10.2 Å². The van der Waals surface area contributed by atoms with Crippen molar-refractivity contribution in [2.75, 3.05) is 23.7 Å². The van der Waals surface area contributed by atoms with Gasteiger partial charge in [-0.15, -0.1) is 0 Å². The second kappa shape index (κ2) is 7.32. The molecule has 1 aliphatic rings. The molecular weight excluding hydrogens is 266 g/mol. The number of aryl methyl sites for hydroxylation is 1. The summed E-state index contributed by atoms with van der Waals surface area (Å²) in [4.78, 5) is 7.23. The summed E-state index contributed by atoms with van der Waals surface area (Å²) in [5.41, 5.74) is 2.47. The van der Waals surface area contributed by atoms with E-state index < -0.39 is 0 Å². The van der Waals surface area contributed by atoms with Crippen molar-refractivity contribution in [2.24, 2.45) is 0 Å². The fourth-order valence-electron chi connectivity index (χ4n) is 2.64. The first-order valence-electron chi connectivity index (χ1n) is 7.68. The van der Waals surface area contributed by atoms with Gasteiger partial charge in [0.15, 0.2) is 0 Å². The van der Waals surface area contributed by atoms with Crippen molar-refractivity contribution in [1.82, 2.24) is 10.3 Å². The zero-order valence-corrected chi connectivity index (χ0v) is 14.0. The molecule has 4 heteroatoms. The number of aromatic nitrogens is 1. The van der Waals surface area contributed by atoms with Crippen LogP contribution in [0.3, 0.4) is 0 Å². The average Bonchev–Trinajstić information content (AvgIpc) is 2.41. The van der Waals surface area contributed by atoms with E-state index in [2.05, 4.69) is 61.8 Å². The molecule has 2 atom stereocenters. The summed E-state index contributed by atoms with van der Waals surface area (Å²) in [6.07, 6.45) is 1.18. The third-order valence-corrected chi connectivity index (χ3v) is 5.27. The summed E-state index contributed by atoms with van der Waals surface area (Å²) in [7, 11) is 0. The van der Waals surface area contributed by atoms with Gasteiger partial charge in [0.25, 0.3) is 0 Å². The van der Waals surface area contributed by atoms with Crippen molar-refractivity contribution in [1.29, 1.82) is 0 Å². The van der Waals surface area contributed by atoms with Gasteiger partial charge in [-0.1, -0.05) is 13.8 Å². The van der Waals surface area contributed by atoms with E-state index in [0.29, 0.717) is 11.3 Å². The van der Waals surface area contributed by atoms with E-state index >= 15 is 0 Å². The Labute approximate surface area is 127 Å². The first-order valence-corrected chi connectivity index (χ1v) is 8.73. The molecule has 1 aliphatic heterocycles. The molecule has 0 saturated carbocycles. The zero-order valence-electron chi connectivity index (χ0n) is 13.1. The summed E-state index contributed by atoms with van der Waals surface area (Å²) in [5.74, 6) is 2.35. The third kappa shape index (κ3) is 3.89. The van der Waals surface area contributed by atoms with Gasteiger partial charge >= 0.3 is 0 Å². The number of nitrogens with zero attached hydrogens (tertiary/aromatic N) is 2. The maximum atomic E-state index is 4.76. The fourth-order valence-corrected chi connectivity index (χ4v) is 3.74. The predicted molar refractivity (Wildman–Crippen MR) is 89.7 cm³/mol. The second-order valence-corrected chi connectivity index (χ2v) is 7.15. The lowest BCUT2D eigenvalue weighted by Crippen LogP contribution is -2.45. The van der Waals surface area contributed by atoms with E-state index in [1.807, 2.05) is 0 Å². The molecule has 0 spiro atoms. The number of thioether (sulfide) groups is 1. The van der Waals surface area contributed by atoms with Gasteiger partial charge in [-0.2, -0.15) is 11.8 Å². The summed E-state index contributed by atoms with van der Waals surface area (Å²) in [5, 5.41) is 4.15. The molecule has 0 aromatic carbocycles. The first-order chi connectivity index (χ1) is 9.61. The molecule has 1 fully saturated rings. The predicted octanol–water partition coefficient (Wildman–Crippen LogP) is 3.22. The molecule has 0 aliphatic carbocycles. The van der Waals surface area contributed by atoms with Gasteiger partial charge in [-0.25, -0.2) is 4.98 Å². The standard InChI is InChI=1S/C16H27N3S/c1-5-6-17-11-15-9-12(2)18-16(10-15)19-7-8-20-14(4)13(19)3/h9-10,13-14,17H,5-8,11H2,1-4H3. The average molecular weight is 293 g/mol. The van der Waals surface area contributed by atoms with Crippen molar-refractivity contribution < 1.29 is 0 Å². The van der Waals surface area contributed by atoms with Gasteiger partial charge in [-0.05, 0) is 44.5 Å². The Morgan fingerprint density at radius 1 is 1.40 bits per heavy atom. The number of nitrogens with one attached hydrogen (secondary N) is 1. The highest BCUT2D eigenvalue weighted by Gasteiger charge is 2.26. The Morgan fingerprint density at radius 2 is 2.20 bits per heavy atom. The van der Waals surface area contributed by atoms with Crippen LogP contribution in [0, 0.1) is 6.92 Å². The maximum Gasteiger partial charge on any atom is 0.129 e. The van der Waals surface area contributed by atoms with E-state index in [1.54, 1.807) is 0 Å². The van der Waals surface area contributed by atoms with Crippen LogP contribution in [0.25, 0.3) is 0 Å². The molecule has 0 bridgehead atoms. The molecular formula is C16H27N3S. The molecule has 2 unspecified atom stereocenters. The van der Waals surface area contributed by atoms with Crippen molar-refractivity contribution in [3.05, 3.63) is 23.4 Å². The molecule has 1 aromatic rings. The number of pyridine rings is 1. The van der Waals surface area contributed by atoms with E-state index in [1.165, 1.54) is 17.7 Å². The molecule has 112 valence electrons. The number of hydrogen-bond acceptors (Lipinski definition) is 4. The molecule has 2 rings (SSSR count). The Morgan fingerprint density at radius 3 is 2.95 bits per heavy atom. The Kier molecular flexibility index (Phi) is 5.73. The monoisotopic (exact) mass is 293 g/mol. The molecule has 1 aromatic heterocycles. The van der Waals surface area contributed by atoms with Crippen molar-refractivity contribution >= 4 is 17.6 Å². The fraction of sp³-hybridized carbons (Fsp3) is 0.688. The van der Waals surface area contributed by atoms with Gasteiger partial charge in [0, 0.05) is 35.8 Å². The summed E-state index contributed by atoms with van der Waals surface area (Å²) in [6, 6.07) is 5.01. The second-order valence-electron chi connectivity index (χ2n) is 5.66. The lowest BCUT2D eigenvalue weighted by atomic mass is 10.1. The SMILES string of the molecule is CCCNCc1cc(C)nc(N2CCSC(C)C2C)c1. The van der Waals surface area contributed by atoms with Gasteiger partial charge in [0.2, 0.25) is 0 Å². The van der Waals surface area contributed by atoms with E-state index in [9.17, 15) is 0 Å². The van der Waals surface area contributed by atoms with Crippen LogP contribution in [0.5, 0.6) is 0 Å². The maximum absolute atomic E-state index is 4.76. The summed E-state index contributed by atoms with van der Waals surface area (Å²) >= 11 is 2.07. The van der Waals surface area contributed by atoms with Crippen LogP contribution in [0.1, 0.15) is 38.4 Å². The zero-order chi connectivity index (χ0) is 14.5. The minimum absolute atomic E-state index is 0.555. The van der Waals surface area contributed by atoms with Crippen LogP contribution in [0.2, 0.25) is 0 Å². The molecule has 1 N–H and O–H groups in total. The Hall–Kier alpha value is -0.740. The molecule has 0 radical (unpaired) electrons. The summed E-state index contributed by atoms with van der Waals surface area (Å²) < 4.78 is 0. The van der Waals surface area contributed by atoms with Crippen molar-refractivity contribution in [2.45, 2.75) is 52.0 Å². The van der Waals surface area contributed by atoms with Gasteiger partial charge in [0.1, 0.15) is 5.82 Å². The normalized spacial score (nSPS) is 23.1. The molecule has 20 heavy (non-hydrogen) atoms. The lowest BCUT2D eigenvalue weighted by molar-refractivity contribution is 0.618. The molecule has 2 heterocycles. The highest BCUT2D eigenvalue weighted by molar-refractivity contribution is 8.00. The highest BCUT2D eigenvalue weighted by Crippen LogP contribution is 2.28. The number of anilines is 1. The van der Waals surface area contributed by atoms with Crippen molar-refractivity contribution in [3.8, 4) is 0 Å². The minimum atomic E-state index is 0.555. The smallest absolute Gasteiger partial charge is 0.129 e. The van der Waals surface area contributed by atoms with Gasteiger partial charge in [-0.3, -0.25) is 0 Å². The minimum Gasteiger partial charge on any atom is -0.352 e. The molecule has 3 nitrogen and oxygen atoms in total. The van der Waals surface area contributed by atoms with Crippen LogP contribution >= 0.6 is 11.8 Å². The summed E-state index contributed by atoms with van der Waals surface area (Å²) in [6.45, 7) is 12.1. The Bertz CT molecular complexity index is 436. The Balaban J connectivity index is 2.14. The van der Waals surface area contributed by atoms with Gasteiger partial charge in [0.05, 0.1) is 0 Å². The quantitative estimate of drug-likeness (QED) is 0.844. The van der Waals surface area contributed by atoms with E-state index in [0.717, 1.165) is 31.1 Å². The number of hydrogen-bond donors (Lipinski definition) is 1. The van der Waals surface area contributed by atoms with Crippen LogP contribution in [-0.4, -0.2) is 35.1 Å². The first kappa shape index (κ1) is 15.6. The van der Waals surface area contributed by atoms with E-state index in [4.69, 9.17) is 4.98 Å². The number of rotatable bonds is 5. The lowest BCUT2D eigenvalue weighted by Gasteiger charge is -2.38. The van der Waals surface area contributed by atoms with Crippen LogP contribution in [-0.2, 0) is 6.54 Å². The largest absolute Gasteiger partial charge is 0.352 e. The van der Waals surface area contributed by atoms with Gasteiger partial charge < -0.3 is 10.2 Å². The molecule has 0 amide bonds. The van der Waals surface area contributed by atoms with Crippen LogP contribution in [0.15, 0.2) is 12.1 Å². The van der Waals surface area contributed by atoms with E-state index in [-0.39, 0.29) is 0 Å².